The van der Waals surface area contributed by atoms with Crippen LogP contribution in [0.3, 0.4) is 0 Å². The lowest BCUT2D eigenvalue weighted by atomic mass is 10.4. The topological polar surface area (TPSA) is 83.8 Å². The molecule has 0 rings (SSSR count). The molecule has 0 spiro atoms. The van der Waals surface area contributed by atoms with Crippen molar-refractivity contribution in [3.8, 4) is 0 Å². The van der Waals surface area contributed by atoms with E-state index in [4.69, 9.17) is 15.3 Å². The number of aliphatic hydroxyl groups excluding tert-OH is 3. The first-order chi connectivity index (χ1) is 4.54. The summed E-state index contributed by atoms with van der Waals surface area (Å²) in [6, 6.07) is 0. The van der Waals surface area contributed by atoms with E-state index in [-0.39, 0.29) is 13.2 Å². The van der Waals surface area contributed by atoms with Crippen LogP contribution in [0.15, 0.2) is 0 Å². The number of hydrogen-bond acceptors (Lipinski definition) is 4. The molecule has 0 bridgehead atoms. The van der Waals surface area contributed by atoms with E-state index >= 15 is 0 Å². The molecule has 0 unspecified atom stereocenters. The molecule has 0 saturated heterocycles. The van der Waals surface area contributed by atoms with Crippen LogP contribution in [-0.2, 0) is 11.2 Å². The third-order valence-corrected chi connectivity index (χ3v) is 0.421. The van der Waals surface area contributed by atoms with Crippen LogP contribution in [0.25, 0.3) is 0 Å². The van der Waals surface area contributed by atoms with Gasteiger partial charge in [-0.1, -0.05) is 11.2 Å². The van der Waals surface area contributed by atoms with E-state index in [0.717, 1.165) is 0 Å². The van der Waals surface area contributed by atoms with E-state index in [2.05, 4.69) is 0 Å². The summed E-state index contributed by atoms with van der Waals surface area (Å²) in [4.78, 5) is 0. The molecule has 0 radical (unpaired) electrons. The second kappa shape index (κ2) is 9.19. The van der Waals surface area contributed by atoms with E-state index in [0.29, 0.717) is 0 Å². The van der Waals surface area contributed by atoms with Gasteiger partial charge in [0.1, 0.15) is 6.10 Å². The SMILES string of the molecule is C[S+](C)[O-].OCC(O)CO. The molecule has 10 heavy (non-hydrogen) atoms. The normalized spacial score (nSPS) is 9.60. The summed E-state index contributed by atoms with van der Waals surface area (Å²) in [6.45, 7) is -0.729. The van der Waals surface area contributed by atoms with Gasteiger partial charge in [-0.3, -0.25) is 0 Å². The molecule has 64 valence electrons. The fourth-order valence-electron chi connectivity index (χ4n) is 0.0577. The molecular weight excluding hydrogens is 156 g/mol. The first-order valence-electron chi connectivity index (χ1n) is 2.69. The van der Waals surface area contributed by atoms with Gasteiger partial charge >= 0.3 is 0 Å². The van der Waals surface area contributed by atoms with Gasteiger partial charge in [0.05, 0.1) is 25.7 Å². The van der Waals surface area contributed by atoms with Crippen LogP contribution in [0.5, 0.6) is 0 Å². The van der Waals surface area contributed by atoms with Crippen molar-refractivity contribution in [1.82, 2.24) is 0 Å². The molecule has 0 fully saturated rings. The van der Waals surface area contributed by atoms with Crippen LogP contribution in [-0.4, -0.2) is 51.7 Å². The van der Waals surface area contributed by atoms with Gasteiger partial charge in [-0.15, -0.1) is 0 Å². The first kappa shape index (κ1) is 12.8. The maximum atomic E-state index is 9.56. The van der Waals surface area contributed by atoms with Crippen molar-refractivity contribution in [1.29, 1.82) is 0 Å². The molecule has 0 atom stereocenters. The van der Waals surface area contributed by atoms with Gasteiger partial charge in [-0.25, -0.2) is 0 Å². The van der Waals surface area contributed by atoms with Gasteiger partial charge < -0.3 is 19.9 Å². The van der Waals surface area contributed by atoms with Gasteiger partial charge in [0.15, 0.2) is 0 Å². The summed E-state index contributed by atoms with van der Waals surface area (Å²) < 4.78 is 9.56. The Bertz CT molecular complexity index is 52.9. The smallest absolute Gasteiger partial charge is 0.100 e. The minimum atomic E-state index is -0.954. The Morgan fingerprint density at radius 2 is 1.50 bits per heavy atom. The minimum Gasteiger partial charge on any atom is -0.617 e. The minimum absolute atomic E-state index is 0.365. The van der Waals surface area contributed by atoms with Gasteiger partial charge in [0.25, 0.3) is 0 Å². The van der Waals surface area contributed by atoms with Gasteiger partial charge in [0, 0.05) is 0 Å². The van der Waals surface area contributed by atoms with Crippen molar-refractivity contribution in [2.45, 2.75) is 6.10 Å². The number of rotatable bonds is 2. The molecule has 0 aromatic heterocycles. The lowest BCUT2D eigenvalue weighted by Gasteiger charge is -1.96. The summed E-state index contributed by atoms with van der Waals surface area (Å²) in [5.74, 6) is 0. The monoisotopic (exact) mass is 170 g/mol. The zero-order chi connectivity index (χ0) is 8.57. The molecule has 3 N–H and O–H groups in total. The van der Waals surface area contributed by atoms with E-state index < -0.39 is 17.3 Å². The highest BCUT2D eigenvalue weighted by molar-refractivity contribution is 7.89. The van der Waals surface area contributed by atoms with Crippen LogP contribution in [0.2, 0.25) is 0 Å². The van der Waals surface area contributed by atoms with Crippen LogP contribution in [0.1, 0.15) is 0 Å². The molecule has 0 aliphatic carbocycles. The molecule has 5 heteroatoms. The molecule has 0 aromatic rings. The second-order valence-corrected chi connectivity index (χ2v) is 3.24. The standard InChI is InChI=1S/C3H8O3.C2H6OS/c4-1-3(6)2-5;1-4(2)3/h3-6H,1-2H2;1-2H3. The Morgan fingerprint density at radius 1 is 1.30 bits per heavy atom. The van der Waals surface area contributed by atoms with Crippen LogP contribution < -0.4 is 0 Å². The molecule has 0 heterocycles. The Hall–Kier alpha value is 0.190. The zero-order valence-corrected chi connectivity index (χ0v) is 6.97. The Labute approximate surface area is 63.7 Å². The Morgan fingerprint density at radius 3 is 1.50 bits per heavy atom. The number of hydrogen-bond donors (Lipinski definition) is 3. The highest BCUT2D eigenvalue weighted by Gasteiger charge is 1.93. The average Bonchev–Trinajstić information content (AvgIpc) is 1.85. The fraction of sp³-hybridized carbons (Fsp3) is 1.00. The molecule has 0 aromatic carbocycles. The van der Waals surface area contributed by atoms with Crippen molar-refractivity contribution in [3.05, 3.63) is 0 Å². The third-order valence-electron chi connectivity index (χ3n) is 0.421. The third kappa shape index (κ3) is 24.1. The maximum Gasteiger partial charge on any atom is 0.100 e. The van der Waals surface area contributed by atoms with Gasteiger partial charge in [-0.05, 0) is 0 Å². The molecule has 0 saturated carbocycles. The highest BCUT2D eigenvalue weighted by atomic mass is 32.2. The molecule has 0 aliphatic rings. The lowest BCUT2D eigenvalue weighted by Crippen LogP contribution is -2.15. The Balaban J connectivity index is 0. The predicted molar refractivity (Wildman–Crippen MR) is 40.2 cm³/mol. The molecular formula is C5H14O4S. The summed E-state index contributed by atoms with van der Waals surface area (Å²) in [6.07, 6.45) is 2.32. The molecule has 0 amide bonds. The van der Waals surface area contributed by atoms with Crippen molar-refractivity contribution < 1.29 is 19.9 Å². The van der Waals surface area contributed by atoms with Crippen molar-refractivity contribution >= 4 is 11.2 Å². The van der Waals surface area contributed by atoms with E-state index in [9.17, 15) is 4.55 Å². The summed E-state index contributed by atoms with van der Waals surface area (Å²) in [7, 11) is 0. The second-order valence-electron chi connectivity index (χ2n) is 1.76. The summed E-state index contributed by atoms with van der Waals surface area (Å²) in [5, 5.41) is 24.0. The van der Waals surface area contributed by atoms with Crippen LogP contribution >= 0.6 is 0 Å². The van der Waals surface area contributed by atoms with Gasteiger partial charge in [0.2, 0.25) is 0 Å². The maximum absolute atomic E-state index is 9.56. The molecule has 4 nitrogen and oxygen atoms in total. The van der Waals surface area contributed by atoms with Gasteiger partial charge in [-0.2, -0.15) is 0 Å². The van der Waals surface area contributed by atoms with Crippen LogP contribution in [0.4, 0.5) is 0 Å². The summed E-state index contributed by atoms with van der Waals surface area (Å²) in [5.41, 5.74) is 0. The van der Waals surface area contributed by atoms with Crippen LogP contribution in [0, 0.1) is 0 Å². The number of aliphatic hydroxyl groups is 3. The predicted octanol–water partition coefficient (Wildman–Crippen LogP) is -1.67. The van der Waals surface area contributed by atoms with E-state index in [1.54, 1.807) is 12.5 Å². The molecule has 0 aliphatic heterocycles. The van der Waals surface area contributed by atoms with Crippen molar-refractivity contribution in [2.24, 2.45) is 0 Å². The Kier molecular flexibility index (Phi) is 11.8. The van der Waals surface area contributed by atoms with Crippen molar-refractivity contribution in [3.63, 3.8) is 0 Å². The van der Waals surface area contributed by atoms with E-state index in [1.807, 2.05) is 0 Å². The van der Waals surface area contributed by atoms with Crippen molar-refractivity contribution in [2.75, 3.05) is 25.7 Å². The van der Waals surface area contributed by atoms with E-state index in [1.165, 1.54) is 0 Å². The first-order valence-corrected chi connectivity index (χ1v) is 4.66. The fourth-order valence-corrected chi connectivity index (χ4v) is 0.0577. The summed E-state index contributed by atoms with van der Waals surface area (Å²) >= 11 is -0.611. The average molecular weight is 170 g/mol. The zero-order valence-electron chi connectivity index (χ0n) is 6.15. The lowest BCUT2D eigenvalue weighted by molar-refractivity contribution is 0.0450. The highest BCUT2D eigenvalue weighted by Crippen LogP contribution is 1.71. The largest absolute Gasteiger partial charge is 0.617 e. The quantitative estimate of drug-likeness (QED) is 0.432.